The van der Waals surface area contributed by atoms with E-state index >= 15 is 0 Å². The normalized spacial score (nSPS) is 11.1. The molecule has 0 saturated heterocycles. The van der Waals surface area contributed by atoms with Gasteiger partial charge in [0, 0.05) is 6.07 Å². The fourth-order valence-electron chi connectivity index (χ4n) is 1.26. The van der Waals surface area contributed by atoms with Crippen LogP contribution in [0, 0.1) is 10.1 Å². The Balaban J connectivity index is 3.34. The second-order valence-electron chi connectivity index (χ2n) is 3.21. The molecular weight excluding hydrogens is 277 g/mol. The van der Waals surface area contributed by atoms with Crippen molar-refractivity contribution in [3.63, 3.8) is 0 Å². The summed E-state index contributed by atoms with van der Waals surface area (Å²) in [4.78, 5) is 32.5. The maximum Gasteiger partial charge on any atom is 0.574 e. The lowest BCUT2D eigenvalue weighted by atomic mass is 10.1. The van der Waals surface area contributed by atoms with Gasteiger partial charge in [0.1, 0.15) is 0 Å². The number of hydrogen-bond acceptors (Lipinski definition) is 5. The van der Waals surface area contributed by atoms with Crippen LogP contribution in [-0.2, 0) is 11.2 Å². The van der Waals surface area contributed by atoms with Crippen molar-refractivity contribution in [2.45, 2.75) is 12.8 Å². The number of nitrogens with zero attached hydrogens (tertiary/aromatic N) is 1. The molecule has 1 aromatic rings. The van der Waals surface area contributed by atoms with Crippen molar-refractivity contribution in [2.75, 3.05) is 0 Å². The molecular formula is C8H5F3N2O6. The Bertz CT molecular complexity index is 579. The van der Waals surface area contributed by atoms with Gasteiger partial charge in [-0.2, -0.15) is 0 Å². The number of aromatic amines is 1. The molecule has 0 fully saturated rings. The first-order valence-corrected chi connectivity index (χ1v) is 4.48. The lowest BCUT2D eigenvalue weighted by Gasteiger charge is -2.09. The number of alkyl halides is 3. The molecule has 0 aliphatic carbocycles. The van der Waals surface area contributed by atoms with Gasteiger partial charge in [0.2, 0.25) is 5.88 Å². The number of carboxylic acids is 1. The third kappa shape index (κ3) is 3.97. The highest BCUT2D eigenvalue weighted by Gasteiger charge is 2.33. The first kappa shape index (κ1) is 14.5. The van der Waals surface area contributed by atoms with Crippen LogP contribution in [0.2, 0.25) is 0 Å². The molecule has 0 unspecified atom stereocenters. The van der Waals surface area contributed by atoms with Crippen molar-refractivity contribution in [3.8, 4) is 5.88 Å². The van der Waals surface area contributed by atoms with Gasteiger partial charge >= 0.3 is 23.6 Å². The van der Waals surface area contributed by atoms with Gasteiger partial charge < -0.3 is 9.84 Å². The first-order chi connectivity index (χ1) is 8.60. The lowest BCUT2D eigenvalue weighted by molar-refractivity contribution is -0.387. The summed E-state index contributed by atoms with van der Waals surface area (Å²) in [5.41, 5.74) is -3.32. The third-order valence-electron chi connectivity index (χ3n) is 1.81. The van der Waals surface area contributed by atoms with E-state index in [2.05, 4.69) is 4.74 Å². The summed E-state index contributed by atoms with van der Waals surface area (Å²) in [5, 5.41) is 19.0. The Labute approximate surface area is 101 Å². The molecule has 1 rings (SSSR count). The van der Waals surface area contributed by atoms with Crippen molar-refractivity contribution in [3.05, 3.63) is 32.1 Å². The maximum atomic E-state index is 11.9. The Morgan fingerprint density at radius 2 is 2.11 bits per heavy atom. The summed E-state index contributed by atoms with van der Waals surface area (Å²) in [6.07, 6.45) is -6.12. The molecule has 104 valence electrons. The molecule has 2 N–H and O–H groups in total. The van der Waals surface area contributed by atoms with Crippen LogP contribution < -0.4 is 10.3 Å². The highest BCUT2D eigenvalue weighted by Crippen LogP contribution is 2.23. The van der Waals surface area contributed by atoms with E-state index in [1.165, 1.54) is 4.98 Å². The van der Waals surface area contributed by atoms with E-state index in [-0.39, 0.29) is 0 Å². The zero-order valence-electron chi connectivity index (χ0n) is 8.85. The molecule has 8 nitrogen and oxygen atoms in total. The van der Waals surface area contributed by atoms with E-state index in [9.17, 15) is 32.9 Å². The van der Waals surface area contributed by atoms with Crippen molar-refractivity contribution in [2.24, 2.45) is 0 Å². The van der Waals surface area contributed by atoms with Crippen LogP contribution in [0.4, 0.5) is 18.9 Å². The largest absolute Gasteiger partial charge is 0.574 e. The SMILES string of the molecule is O=C(O)Cc1cc(OC(F)(F)F)[nH]c(=O)c1[N+](=O)[O-]. The lowest BCUT2D eigenvalue weighted by Crippen LogP contribution is -2.22. The van der Waals surface area contributed by atoms with Gasteiger partial charge in [-0.25, -0.2) is 0 Å². The summed E-state index contributed by atoms with van der Waals surface area (Å²) >= 11 is 0. The summed E-state index contributed by atoms with van der Waals surface area (Å²) in [6, 6.07) is 0.446. The fourth-order valence-corrected chi connectivity index (χ4v) is 1.26. The van der Waals surface area contributed by atoms with Crippen molar-refractivity contribution >= 4 is 11.7 Å². The Morgan fingerprint density at radius 3 is 2.53 bits per heavy atom. The number of rotatable bonds is 4. The van der Waals surface area contributed by atoms with Crippen LogP contribution in [0.25, 0.3) is 0 Å². The average Bonchev–Trinajstić information content (AvgIpc) is 2.10. The summed E-state index contributed by atoms with van der Waals surface area (Å²) in [5.74, 6) is -2.67. The standard InChI is InChI=1S/C8H5F3N2O6/c9-8(10,11)19-4-1-3(2-5(14)15)6(13(17)18)7(16)12-4/h1H,2H2,(H,12,16)(H,14,15). The van der Waals surface area contributed by atoms with Crippen LogP contribution in [-0.4, -0.2) is 27.3 Å². The van der Waals surface area contributed by atoms with Gasteiger partial charge in [0.25, 0.3) is 0 Å². The van der Waals surface area contributed by atoms with Crippen LogP contribution >= 0.6 is 0 Å². The quantitative estimate of drug-likeness (QED) is 0.622. The number of aromatic nitrogens is 1. The highest BCUT2D eigenvalue weighted by atomic mass is 19.4. The number of halogens is 3. The Kier molecular flexibility index (Phi) is 3.77. The number of ether oxygens (including phenoxy) is 1. The number of carbonyl (C=O) groups is 1. The molecule has 1 heterocycles. The third-order valence-corrected chi connectivity index (χ3v) is 1.81. The predicted molar refractivity (Wildman–Crippen MR) is 51.7 cm³/mol. The Morgan fingerprint density at radius 1 is 1.53 bits per heavy atom. The predicted octanol–water partition coefficient (Wildman–Crippen LogP) is 0.809. The number of nitrogens with one attached hydrogen (secondary N) is 1. The average molecular weight is 282 g/mol. The van der Waals surface area contributed by atoms with E-state index in [0.717, 1.165) is 0 Å². The molecule has 0 aliphatic rings. The van der Waals surface area contributed by atoms with Gasteiger partial charge in [-0.1, -0.05) is 0 Å². The van der Waals surface area contributed by atoms with Crippen molar-refractivity contribution < 1.29 is 32.7 Å². The number of nitro groups is 1. The van der Waals surface area contributed by atoms with Crippen molar-refractivity contribution in [1.82, 2.24) is 4.98 Å². The fraction of sp³-hybridized carbons (Fsp3) is 0.250. The number of aliphatic carboxylic acids is 1. The van der Waals surface area contributed by atoms with E-state index < -0.39 is 46.4 Å². The van der Waals surface area contributed by atoms with E-state index in [4.69, 9.17) is 5.11 Å². The van der Waals surface area contributed by atoms with Crippen LogP contribution in [0.15, 0.2) is 10.9 Å². The van der Waals surface area contributed by atoms with E-state index in [1.54, 1.807) is 0 Å². The number of pyridine rings is 1. The minimum atomic E-state index is -5.13. The van der Waals surface area contributed by atoms with Crippen molar-refractivity contribution in [1.29, 1.82) is 0 Å². The molecule has 0 saturated carbocycles. The highest BCUT2D eigenvalue weighted by molar-refractivity contribution is 5.72. The molecule has 0 radical (unpaired) electrons. The summed E-state index contributed by atoms with van der Waals surface area (Å²) in [7, 11) is 0. The molecule has 0 spiro atoms. The number of carboxylic acid groups (broad SMARTS) is 1. The molecule has 11 heteroatoms. The molecule has 0 amide bonds. The van der Waals surface area contributed by atoms with Gasteiger partial charge in [-0.05, 0) is 0 Å². The minimum Gasteiger partial charge on any atom is -0.481 e. The monoisotopic (exact) mass is 282 g/mol. The minimum absolute atomic E-state index is 0.446. The van der Waals surface area contributed by atoms with Crippen LogP contribution in [0.3, 0.4) is 0 Å². The smallest absolute Gasteiger partial charge is 0.481 e. The second kappa shape index (κ2) is 4.96. The number of H-pyrrole nitrogens is 1. The van der Waals surface area contributed by atoms with E-state index in [1.807, 2.05) is 0 Å². The summed E-state index contributed by atoms with van der Waals surface area (Å²) in [6.45, 7) is 0. The molecule has 19 heavy (non-hydrogen) atoms. The number of hydrogen-bond donors (Lipinski definition) is 2. The summed E-state index contributed by atoms with van der Waals surface area (Å²) < 4.78 is 39.2. The van der Waals surface area contributed by atoms with Crippen LogP contribution in [0.5, 0.6) is 5.88 Å². The zero-order chi connectivity index (χ0) is 14.8. The molecule has 0 atom stereocenters. The van der Waals surface area contributed by atoms with E-state index in [0.29, 0.717) is 6.07 Å². The van der Waals surface area contributed by atoms with Gasteiger partial charge in [0.05, 0.1) is 16.9 Å². The maximum absolute atomic E-state index is 11.9. The molecule has 1 aromatic heterocycles. The van der Waals surface area contributed by atoms with Gasteiger partial charge in [-0.3, -0.25) is 24.7 Å². The first-order valence-electron chi connectivity index (χ1n) is 4.48. The molecule has 0 aliphatic heterocycles. The molecule has 0 bridgehead atoms. The second-order valence-corrected chi connectivity index (χ2v) is 3.21. The Hall–Kier alpha value is -2.59. The topological polar surface area (TPSA) is 123 Å². The van der Waals surface area contributed by atoms with Gasteiger partial charge in [0.15, 0.2) is 0 Å². The van der Waals surface area contributed by atoms with Gasteiger partial charge in [-0.15, -0.1) is 13.2 Å². The zero-order valence-corrected chi connectivity index (χ0v) is 8.85. The van der Waals surface area contributed by atoms with Crippen LogP contribution in [0.1, 0.15) is 5.56 Å². The molecule has 0 aromatic carbocycles.